The zero-order chi connectivity index (χ0) is 22.2. The number of rotatable bonds is 5. The van der Waals surface area contributed by atoms with Crippen LogP contribution in [0.15, 0.2) is 30.6 Å². The third kappa shape index (κ3) is 3.52. The number of nitrogen functional groups attached to an aromatic ring is 1. The van der Waals surface area contributed by atoms with E-state index in [4.69, 9.17) is 20.2 Å². The number of imidazole rings is 1. The van der Waals surface area contributed by atoms with Crippen LogP contribution in [0.3, 0.4) is 0 Å². The molecule has 3 aromatic heterocycles. The fourth-order valence-electron chi connectivity index (χ4n) is 4.20. The first-order valence-corrected chi connectivity index (χ1v) is 10.6. The summed E-state index contributed by atoms with van der Waals surface area (Å²) in [4.78, 5) is 13.7. The number of ether oxygens (including phenoxy) is 2. The molecule has 0 spiro atoms. The lowest BCUT2D eigenvalue weighted by molar-refractivity contribution is -0.0308. The Bertz CT molecular complexity index is 1270. The van der Waals surface area contributed by atoms with Gasteiger partial charge in [0.15, 0.2) is 17.2 Å². The van der Waals surface area contributed by atoms with Gasteiger partial charge in [-0.05, 0) is 38.3 Å². The molecule has 4 heterocycles. The molecule has 4 aromatic rings. The normalized spacial score (nSPS) is 16.4. The average Bonchev–Trinajstić information content (AvgIpc) is 3.36. The Kier molecular flexibility index (Phi) is 5.14. The summed E-state index contributed by atoms with van der Waals surface area (Å²) in [6.45, 7) is 2.70. The van der Waals surface area contributed by atoms with Crippen molar-refractivity contribution in [2.24, 2.45) is 7.05 Å². The summed E-state index contributed by atoms with van der Waals surface area (Å²) in [7, 11) is 3.46. The van der Waals surface area contributed by atoms with Gasteiger partial charge in [-0.2, -0.15) is 5.10 Å². The summed E-state index contributed by atoms with van der Waals surface area (Å²) in [5, 5.41) is 7.85. The van der Waals surface area contributed by atoms with Gasteiger partial charge >= 0.3 is 0 Å². The molecule has 1 aliphatic heterocycles. The van der Waals surface area contributed by atoms with Crippen molar-refractivity contribution in [1.82, 2.24) is 29.3 Å². The number of nitrogens with two attached hydrogens (primary N) is 1. The van der Waals surface area contributed by atoms with Crippen molar-refractivity contribution in [3.05, 3.63) is 36.4 Å². The number of aromatic nitrogens is 6. The molecule has 10 nitrogen and oxygen atoms in total. The molecule has 10 heteroatoms. The number of aryl methyl sites for hydroxylation is 2. The minimum Gasteiger partial charge on any atom is -0.494 e. The van der Waals surface area contributed by atoms with E-state index in [0.29, 0.717) is 23.0 Å². The van der Waals surface area contributed by atoms with E-state index in [9.17, 15) is 0 Å². The average molecular weight is 435 g/mol. The van der Waals surface area contributed by atoms with E-state index in [0.717, 1.165) is 54.1 Å². The molecule has 1 fully saturated rings. The molecule has 5 rings (SSSR count). The predicted molar refractivity (Wildman–Crippen MR) is 122 cm³/mol. The van der Waals surface area contributed by atoms with Crippen molar-refractivity contribution >= 4 is 28.4 Å². The molecule has 1 saturated heterocycles. The van der Waals surface area contributed by atoms with Gasteiger partial charge in [0.2, 0.25) is 0 Å². The zero-order valence-electron chi connectivity index (χ0n) is 18.4. The molecule has 0 aliphatic carbocycles. The summed E-state index contributed by atoms with van der Waals surface area (Å²) >= 11 is 0. The van der Waals surface area contributed by atoms with E-state index in [-0.39, 0.29) is 6.23 Å². The summed E-state index contributed by atoms with van der Waals surface area (Å²) in [5.41, 5.74) is 9.92. The number of methoxy groups -OCH3 is 1. The topological polar surface area (TPSA) is 118 Å². The Morgan fingerprint density at radius 3 is 2.81 bits per heavy atom. The third-order valence-corrected chi connectivity index (χ3v) is 5.62. The Morgan fingerprint density at radius 1 is 1.22 bits per heavy atom. The maximum absolute atomic E-state index is 6.19. The summed E-state index contributed by atoms with van der Waals surface area (Å²) in [5.74, 6) is 2.46. The summed E-state index contributed by atoms with van der Waals surface area (Å²) in [6, 6.07) is 7.57. The van der Waals surface area contributed by atoms with Crippen LogP contribution in [0.25, 0.3) is 22.6 Å². The second-order valence-corrected chi connectivity index (χ2v) is 7.87. The number of para-hydroxylation sites is 1. The first kappa shape index (κ1) is 20.3. The SMILES string of the molecule is COc1c(Nc2cc(N)nc3c2nc(C)n3C2CCCCO2)cccc1-c1ncn(C)n1. The van der Waals surface area contributed by atoms with Crippen molar-refractivity contribution in [3.8, 4) is 17.1 Å². The van der Waals surface area contributed by atoms with Gasteiger partial charge in [0.05, 0.1) is 24.0 Å². The fourth-order valence-corrected chi connectivity index (χ4v) is 4.20. The van der Waals surface area contributed by atoms with Crippen LogP contribution in [-0.2, 0) is 11.8 Å². The molecule has 0 radical (unpaired) electrons. The van der Waals surface area contributed by atoms with Crippen molar-refractivity contribution in [3.63, 3.8) is 0 Å². The number of nitrogens with zero attached hydrogens (tertiary/aromatic N) is 6. The van der Waals surface area contributed by atoms with Crippen LogP contribution in [-0.4, -0.2) is 43.0 Å². The number of fused-ring (bicyclic) bond motifs is 1. The molecule has 1 unspecified atom stereocenters. The van der Waals surface area contributed by atoms with Crippen LogP contribution in [0.5, 0.6) is 5.75 Å². The van der Waals surface area contributed by atoms with Gasteiger partial charge in [-0.1, -0.05) is 6.07 Å². The van der Waals surface area contributed by atoms with Crippen LogP contribution >= 0.6 is 0 Å². The molecule has 0 bridgehead atoms. The van der Waals surface area contributed by atoms with Crippen LogP contribution < -0.4 is 15.8 Å². The number of pyridine rings is 1. The highest BCUT2D eigenvalue weighted by Gasteiger charge is 2.23. The van der Waals surface area contributed by atoms with Crippen LogP contribution in [0.4, 0.5) is 17.2 Å². The van der Waals surface area contributed by atoms with Crippen molar-refractivity contribution < 1.29 is 9.47 Å². The Hall–Kier alpha value is -3.66. The zero-order valence-corrected chi connectivity index (χ0v) is 18.4. The monoisotopic (exact) mass is 434 g/mol. The smallest absolute Gasteiger partial charge is 0.184 e. The molecule has 0 amide bonds. The molecule has 1 aromatic carbocycles. The minimum absolute atomic E-state index is 0.0796. The lowest BCUT2D eigenvalue weighted by atomic mass is 10.1. The number of hydrogen-bond acceptors (Lipinski definition) is 8. The van der Waals surface area contributed by atoms with Crippen molar-refractivity contribution in [2.75, 3.05) is 24.8 Å². The van der Waals surface area contributed by atoms with Gasteiger partial charge in [0.1, 0.15) is 29.7 Å². The maximum atomic E-state index is 6.19. The number of anilines is 3. The summed E-state index contributed by atoms with van der Waals surface area (Å²) in [6.07, 6.45) is 4.70. The van der Waals surface area contributed by atoms with E-state index in [1.807, 2.05) is 36.7 Å². The standard InChI is InChI=1S/C22H26N8O2/c1-13-25-19-16(11-17(23)27-22(19)30(13)18-9-4-5-10-32-18)26-15-8-6-7-14(20(15)31-3)21-24-12-29(2)28-21/h6-8,11-12,18H,4-5,9-10H2,1-3H3,(H3,23,26,27). The van der Waals surface area contributed by atoms with Crippen LogP contribution in [0.1, 0.15) is 31.3 Å². The molecule has 166 valence electrons. The second-order valence-electron chi connectivity index (χ2n) is 7.87. The molecular formula is C22H26N8O2. The van der Waals surface area contributed by atoms with Crippen molar-refractivity contribution in [1.29, 1.82) is 0 Å². The Labute approximate surface area is 185 Å². The maximum Gasteiger partial charge on any atom is 0.184 e. The first-order valence-electron chi connectivity index (χ1n) is 10.6. The van der Waals surface area contributed by atoms with E-state index in [1.165, 1.54) is 0 Å². The van der Waals surface area contributed by atoms with Gasteiger partial charge < -0.3 is 20.5 Å². The predicted octanol–water partition coefficient (Wildman–Crippen LogP) is 3.57. The van der Waals surface area contributed by atoms with Gasteiger partial charge in [-0.25, -0.2) is 15.0 Å². The molecular weight excluding hydrogens is 408 g/mol. The lowest BCUT2D eigenvalue weighted by Crippen LogP contribution is -2.19. The number of hydrogen-bond donors (Lipinski definition) is 2. The quantitative estimate of drug-likeness (QED) is 0.489. The van der Waals surface area contributed by atoms with E-state index < -0.39 is 0 Å². The largest absolute Gasteiger partial charge is 0.494 e. The molecule has 1 aliphatic rings. The Morgan fingerprint density at radius 2 is 2.09 bits per heavy atom. The molecule has 3 N–H and O–H groups in total. The number of nitrogens with one attached hydrogen (secondary N) is 1. The number of benzene rings is 1. The molecule has 1 atom stereocenters. The van der Waals surface area contributed by atoms with Gasteiger partial charge in [-0.3, -0.25) is 9.25 Å². The van der Waals surface area contributed by atoms with Gasteiger partial charge in [0.25, 0.3) is 0 Å². The highest BCUT2D eigenvalue weighted by Crippen LogP contribution is 2.38. The summed E-state index contributed by atoms with van der Waals surface area (Å²) < 4.78 is 15.4. The van der Waals surface area contributed by atoms with E-state index >= 15 is 0 Å². The Balaban J connectivity index is 1.59. The van der Waals surface area contributed by atoms with Crippen LogP contribution in [0, 0.1) is 6.92 Å². The van der Waals surface area contributed by atoms with Crippen molar-refractivity contribution in [2.45, 2.75) is 32.4 Å². The highest BCUT2D eigenvalue weighted by atomic mass is 16.5. The fraction of sp³-hybridized carbons (Fsp3) is 0.364. The highest BCUT2D eigenvalue weighted by molar-refractivity contribution is 5.92. The van der Waals surface area contributed by atoms with Gasteiger partial charge in [-0.15, -0.1) is 0 Å². The van der Waals surface area contributed by atoms with Gasteiger partial charge in [0, 0.05) is 19.7 Å². The minimum atomic E-state index is -0.0796. The van der Waals surface area contributed by atoms with E-state index in [1.54, 1.807) is 24.2 Å². The molecule has 32 heavy (non-hydrogen) atoms. The molecule has 0 saturated carbocycles. The first-order chi connectivity index (χ1) is 15.5. The second kappa shape index (κ2) is 8.12. The van der Waals surface area contributed by atoms with E-state index in [2.05, 4.69) is 20.4 Å². The van der Waals surface area contributed by atoms with Crippen LogP contribution in [0.2, 0.25) is 0 Å². The lowest BCUT2D eigenvalue weighted by Gasteiger charge is -2.25. The third-order valence-electron chi connectivity index (χ3n) is 5.62.